The molecule has 0 rings (SSSR count). The van der Waals surface area contributed by atoms with Crippen LogP contribution in [0.2, 0.25) is 0 Å². The third-order valence-electron chi connectivity index (χ3n) is 0.480. The minimum Gasteiger partial charge on any atom is -0.637 e. The Morgan fingerprint density at radius 1 is 1.67 bits per heavy atom. The minimum atomic E-state index is -0.458. The van der Waals surface area contributed by atoms with Crippen molar-refractivity contribution in [1.29, 1.82) is 0 Å². The average Bonchev–Trinajstić information content (AvgIpc) is 1.65. The topological polar surface area (TPSA) is 26.3 Å². The fourth-order valence-electron chi connectivity index (χ4n) is 0.123. The summed E-state index contributed by atoms with van der Waals surface area (Å²) in [6, 6.07) is 0. The summed E-state index contributed by atoms with van der Waals surface area (Å²) in [5, 5.41) is 0. The summed E-state index contributed by atoms with van der Waals surface area (Å²) in [5.74, 6) is -0.458. The van der Waals surface area contributed by atoms with Crippen LogP contribution in [0.3, 0.4) is 0 Å². The van der Waals surface area contributed by atoms with Gasteiger partial charge in [0.05, 0.1) is 0 Å². The molecular weight excluding hydrogens is 288 g/mol. The molecule has 9 heavy (non-hydrogen) atoms. The summed E-state index contributed by atoms with van der Waals surface area (Å²) in [7, 11) is 2.90. The van der Waals surface area contributed by atoms with Crippen molar-refractivity contribution in [3.63, 3.8) is 0 Å². The molecule has 3 heteroatoms. The third kappa shape index (κ3) is 7.90. The quantitative estimate of drug-likeness (QED) is 0.415. The standard InChI is InChI=1S/C5H7O2.CH3.W/c1-4(2)5(6)7-3;;/h1,3H2,2H3;1H3;/q2*-1;+2. The molecule has 0 heterocycles. The third-order valence-corrected chi connectivity index (χ3v) is 0.480. The fraction of sp³-hybridized carbons (Fsp3) is 0.167. The molecule has 0 aromatic heterocycles. The van der Waals surface area contributed by atoms with Gasteiger partial charge in [-0.2, -0.15) is 7.11 Å². The van der Waals surface area contributed by atoms with Crippen LogP contribution < -0.4 is 0 Å². The first kappa shape index (κ1) is 16.0. The molecule has 0 bridgehead atoms. The number of hydrogen-bond donors (Lipinski definition) is 0. The Morgan fingerprint density at radius 2 is 2.00 bits per heavy atom. The summed E-state index contributed by atoms with van der Waals surface area (Å²) >= 11 is 0. The van der Waals surface area contributed by atoms with Gasteiger partial charge in [0.2, 0.25) is 0 Å². The van der Waals surface area contributed by atoms with Crippen molar-refractivity contribution < 1.29 is 30.6 Å². The molecular formula is C6H10O2W. The number of rotatable bonds is 1. The molecule has 0 saturated heterocycles. The van der Waals surface area contributed by atoms with Gasteiger partial charge in [-0.25, -0.2) is 4.79 Å². The largest absolute Gasteiger partial charge is 2.00 e. The monoisotopic (exact) mass is 298 g/mol. The van der Waals surface area contributed by atoms with Crippen molar-refractivity contribution in [1.82, 2.24) is 0 Å². The molecule has 0 spiro atoms. The van der Waals surface area contributed by atoms with Crippen LogP contribution in [0, 0.1) is 14.5 Å². The van der Waals surface area contributed by atoms with E-state index in [1.165, 1.54) is 0 Å². The molecule has 2 nitrogen and oxygen atoms in total. The van der Waals surface area contributed by atoms with Crippen molar-refractivity contribution in [2.75, 3.05) is 0 Å². The molecule has 0 aliphatic rings. The second-order valence-corrected chi connectivity index (χ2v) is 1.21. The van der Waals surface area contributed by atoms with E-state index >= 15 is 0 Å². The number of ether oxygens (including phenoxy) is 1. The minimum absolute atomic E-state index is 0. The van der Waals surface area contributed by atoms with Crippen LogP contribution in [0.5, 0.6) is 0 Å². The Kier molecular flexibility index (Phi) is 14.0. The molecule has 0 amide bonds. The Bertz CT molecular complexity index is 99.2. The Hall–Kier alpha value is -0.102. The van der Waals surface area contributed by atoms with Gasteiger partial charge in [-0.05, 0) is 6.92 Å². The van der Waals surface area contributed by atoms with E-state index in [0.717, 1.165) is 0 Å². The predicted molar refractivity (Wildman–Crippen MR) is 32.7 cm³/mol. The zero-order chi connectivity index (χ0) is 5.86. The summed E-state index contributed by atoms with van der Waals surface area (Å²) in [6.45, 7) is 4.87. The maximum atomic E-state index is 10.1. The molecule has 0 fully saturated rings. The van der Waals surface area contributed by atoms with Crippen molar-refractivity contribution in [3.05, 3.63) is 26.7 Å². The van der Waals surface area contributed by atoms with Gasteiger partial charge in [-0.1, -0.05) is 6.58 Å². The van der Waals surface area contributed by atoms with E-state index in [4.69, 9.17) is 0 Å². The first-order valence-corrected chi connectivity index (χ1v) is 1.80. The molecule has 0 aliphatic carbocycles. The van der Waals surface area contributed by atoms with Crippen LogP contribution >= 0.6 is 0 Å². The van der Waals surface area contributed by atoms with Gasteiger partial charge in [-0.3, -0.25) is 0 Å². The maximum absolute atomic E-state index is 10.1. The van der Waals surface area contributed by atoms with Crippen LogP contribution in [0.25, 0.3) is 0 Å². The molecule has 0 atom stereocenters. The normalized spacial score (nSPS) is 6.00. The van der Waals surface area contributed by atoms with Crippen LogP contribution in [-0.4, -0.2) is 5.97 Å². The van der Waals surface area contributed by atoms with Gasteiger partial charge < -0.3 is 12.2 Å². The Morgan fingerprint density at radius 3 is 2.00 bits per heavy atom. The van der Waals surface area contributed by atoms with Crippen LogP contribution in [-0.2, 0) is 30.6 Å². The average molecular weight is 298 g/mol. The van der Waals surface area contributed by atoms with Gasteiger partial charge in [0.15, 0.2) is 0 Å². The van der Waals surface area contributed by atoms with Crippen molar-refractivity contribution >= 4 is 5.97 Å². The molecule has 0 unspecified atom stereocenters. The summed E-state index contributed by atoms with van der Waals surface area (Å²) in [5.41, 5.74) is 0.370. The van der Waals surface area contributed by atoms with E-state index in [2.05, 4.69) is 18.4 Å². The van der Waals surface area contributed by atoms with Gasteiger partial charge >= 0.3 is 27.0 Å². The zero-order valence-corrected chi connectivity index (χ0v) is 8.57. The van der Waals surface area contributed by atoms with E-state index < -0.39 is 5.97 Å². The van der Waals surface area contributed by atoms with E-state index in [9.17, 15) is 4.79 Å². The molecule has 0 aromatic carbocycles. The summed E-state index contributed by atoms with van der Waals surface area (Å²) in [4.78, 5) is 10.1. The molecule has 0 aromatic rings. The van der Waals surface area contributed by atoms with E-state index in [-0.39, 0.29) is 28.5 Å². The predicted octanol–water partition coefficient (Wildman–Crippen LogP) is 1.35. The fourth-order valence-corrected chi connectivity index (χ4v) is 0.123. The van der Waals surface area contributed by atoms with Crippen LogP contribution in [0.1, 0.15) is 6.92 Å². The summed E-state index contributed by atoms with van der Waals surface area (Å²) < 4.78 is 4.02. The van der Waals surface area contributed by atoms with Gasteiger partial charge in [0, 0.05) is 5.57 Å². The molecule has 0 aliphatic heterocycles. The number of hydrogen-bond acceptors (Lipinski definition) is 2. The van der Waals surface area contributed by atoms with Crippen LogP contribution in [0.4, 0.5) is 0 Å². The Balaban J connectivity index is -0.000000180. The smallest absolute Gasteiger partial charge is 0.637 e. The van der Waals surface area contributed by atoms with Crippen molar-refractivity contribution in [2.24, 2.45) is 0 Å². The maximum Gasteiger partial charge on any atom is 2.00 e. The second-order valence-electron chi connectivity index (χ2n) is 1.21. The number of esters is 1. The van der Waals surface area contributed by atoms with Gasteiger partial charge in [0.1, 0.15) is 0 Å². The second kappa shape index (κ2) is 7.90. The van der Waals surface area contributed by atoms with Crippen LogP contribution in [0.15, 0.2) is 12.2 Å². The van der Waals surface area contributed by atoms with Crippen molar-refractivity contribution in [2.45, 2.75) is 6.92 Å². The van der Waals surface area contributed by atoms with Gasteiger partial charge in [0.25, 0.3) is 0 Å². The van der Waals surface area contributed by atoms with E-state index in [1.54, 1.807) is 6.92 Å². The zero-order valence-electron chi connectivity index (χ0n) is 5.64. The summed E-state index contributed by atoms with van der Waals surface area (Å²) in [6.07, 6.45) is 0. The first-order valence-electron chi connectivity index (χ1n) is 1.80. The molecule has 0 saturated carbocycles. The first-order chi connectivity index (χ1) is 3.18. The van der Waals surface area contributed by atoms with E-state index in [0.29, 0.717) is 5.57 Å². The molecule has 0 N–H and O–H groups in total. The molecule has 0 radical (unpaired) electrons. The molecule has 52 valence electrons. The van der Waals surface area contributed by atoms with E-state index in [1.807, 2.05) is 0 Å². The SMILES string of the molecule is C=C(C)C(=O)O[CH2-].[CH3-].[W+2]. The van der Waals surface area contributed by atoms with Crippen molar-refractivity contribution in [3.8, 4) is 0 Å². The van der Waals surface area contributed by atoms with Gasteiger partial charge in [-0.15, -0.1) is 0 Å². The Labute approximate surface area is 70.5 Å². The number of carbonyl (C=O) groups is 1. The number of carbonyl (C=O) groups excluding carboxylic acids is 1.